The maximum Gasteiger partial charge on any atom is 0.243 e. The van der Waals surface area contributed by atoms with Gasteiger partial charge >= 0.3 is 0 Å². The summed E-state index contributed by atoms with van der Waals surface area (Å²) in [6.07, 6.45) is 0.921. The van der Waals surface area contributed by atoms with Gasteiger partial charge in [0, 0.05) is 51.7 Å². The van der Waals surface area contributed by atoms with Crippen molar-refractivity contribution in [1.82, 2.24) is 19.4 Å². The van der Waals surface area contributed by atoms with E-state index in [-0.39, 0.29) is 35.9 Å². The first-order valence-electron chi connectivity index (χ1n) is 11.8. The average Bonchev–Trinajstić information content (AvgIpc) is 2.86. The van der Waals surface area contributed by atoms with Crippen molar-refractivity contribution < 1.29 is 17.6 Å². The van der Waals surface area contributed by atoms with E-state index in [0.717, 1.165) is 50.4 Å². The van der Waals surface area contributed by atoms with Crippen LogP contribution >= 0.6 is 0 Å². The molecule has 2 aliphatic rings. The van der Waals surface area contributed by atoms with E-state index in [0.29, 0.717) is 12.8 Å². The predicted octanol–water partition coefficient (Wildman–Crippen LogP) is 2.33. The van der Waals surface area contributed by atoms with E-state index in [4.69, 9.17) is 0 Å². The Labute approximate surface area is 201 Å². The number of nitrogens with zero attached hydrogens (tertiary/aromatic N) is 3. The van der Waals surface area contributed by atoms with Gasteiger partial charge in [-0.3, -0.25) is 9.69 Å². The van der Waals surface area contributed by atoms with E-state index >= 15 is 0 Å². The van der Waals surface area contributed by atoms with Gasteiger partial charge in [0.1, 0.15) is 5.82 Å². The smallest absolute Gasteiger partial charge is 0.243 e. The number of amides is 1. The lowest BCUT2D eigenvalue weighted by Crippen LogP contribution is -2.49. The number of sulfonamides is 1. The second-order valence-electron chi connectivity index (χ2n) is 9.21. The first-order chi connectivity index (χ1) is 16.3. The minimum atomic E-state index is -3.69. The number of carbonyl (C=O) groups excluding carboxylic acids is 1. The summed E-state index contributed by atoms with van der Waals surface area (Å²) in [6.45, 7) is 5.25. The Balaban J connectivity index is 1.37. The Morgan fingerprint density at radius 3 is 2.21 bits per heavy atom. The van der Waals surface area contributed by atoms with Crippen LogP contribution in [0, 0.1) is 11.7 Å². The van der Waals surface area contributed by atoms with Crippen LogP contribution in [0.15, 0.2) is 59.5 Å². The van der Waals surface area contributed by atoms with Crippen molar-refractivity contribution in [2.45, 2.75) is 23.8 Å². The zero-order chi connectivity index (χ0) is 24.1. The summed E-state index contributed by atoms with van der Waals surface area (Å²) < 4.78 is 40.3. The Hall–Kier alpha value is -2.33. The minimum absolute atomic E-state index is 0.0261. The van der Waals surface area contributed by atoms with Crippen LogP contribution in [-0.2, 0) is 14.8 Å². The maximum absolute atomic E-state index is 13.2. The molecule has 2 saturated heterocycles. The molecule has 9 heteroatoms. The molecule has 184 valence electrons. The molecule has 0 aliphatic carbocycles. The Bertz CT molecular complexity index is 1050. The molecule has 0 saturated carbocycles. The maximum atomic E-state index is 13.2. The lowest BCUT2D eigenvalue weighted by atomic mass is 9.96. The monoisotopic (exact) mass is 488 g/mol. The molecule has 2 aromatic rings. The van der Waals surface area contributed by atoms with Crippen LogP contribution in [0.2, 0.25) is 0 Å². The number of piperidine rings is 1. The summed E-state index contributed by atoms with van der Waals surface area (Å²) >= 11 is 0. The van der Waals surface area contributed by atoms with Gasteiger partial charge in [-0.25, -0.2) is 12.8 Å². The van der Waals surface area contributed by atoms with E-state index in [2.05, 4.69) is 22.2 Å². The fourth-order valence-electron chi connectivity index (χ4n) is 4.61. The highest BCUT2D eigenvalue weighted by Crippen LogP contribution is 2.25. The van der Waals surface area contributed by atoms with Crippen LogP contribution in [0.5, 0.6) is 0 Å². The highest BCUT2D eigenvalue weighted by Gasteiger charge is 2.33. The van der Waals surface area contributed by atoms with E-state index in [1.54, 1.807) is 0 Å². The molecule has 34 heavy (non-hydrogen) atoms. The second kappa shape index (κ2) is 10.9. The van der Waals surface area contributed by atoms with Gasteiger partial charge in [-0.1, -0.05) is 30.3 Å². The van der Waals surface area contributed by atoms with E-state index in [1.807, 2.05) is 30.3 Å². The highest BCUT2D eigenvalue weighted by atomic mass is 32.2. The number of hydrogen-bond acceptors (Lipinski definition) is 5. The van der Waals surface area contributed by atoms with Gasteiger partial charge in [-0.15, -0.1) is 0 Å². The predicted molar refractivity (Wildman–Crippen MR) is 129 cm³/mol. The number of carbonyl (C=O) groups is 1. The Kier molecular flexibility index (Phi) is 7.98. The summed E-state index contributed by atoms with van der Waals surface area (Å²) in [5.41, 5.74) is 1.08. The first kappa shape index (κ1) is 24.8. The number of nitrogens with one attached hydrogen (secondary N) is 1. The van der Waals surface area contributed by atoms with Crippen LogP contribution in [0.4, 0.5) is 4.39 Å². The van der Waals surface area contributed by atoms with E-state index in [9.17, 15) is 17.6 Å². The van der Waals surface area contributed by atoms with Crippen LogP contribution in [-0.4, -0.2) is 81.3 Å². The zero-order valence-electron chi connectivity index (χ0n) is 19.6. The first-order valence-corrected chi connectivity index (χ1v) is 13.3. The topological polar surface area (TPSA) is 73.0 Å². The van der Waals surface area contributed by atoms with E-state index < -0.39 is 15.8 Å². The molecule has 7 nitrogen and oxygen atoms in total. The minimum Gasteiger partial charge on any atom is -0.348 e. The molecule has 0 bridgehead atoms. The number of hydrogen-bond donors (Lipinski definition) is 1. The Morgan fingerprint density at radius 2 is 1.59 bits per heavy atom. The van der Waals surface area contributed by atoms with Crippen LogP contribution in [0.3, 0.4) is 0 Å². The molecule has 0 aromatic heterocycles. The standard InChI is InChI=1S/C25H33FN4O3S/c1-28-15-17-29(18-16-28)19-24(20-5-3-2-4-6-20)27-25(31)21-11-13-30(14-12-21)34(32,33)23-9-7-22(26)8-10-23/h2-10,21,24H,11-19H2,1H3,(H,27,31). The molecule has 0 radical (unpaired) electrons. The number of piperazine rings is 1. The van der Waals surface area contributed by atoms with Gasteiger partial charge < -0.3 is 10.2 Å². The molecular formula is C25H33FN4O3S. The second-order valence-corrected chi connectivity index (χ2v) is 11.1. The fourth-order valence-corrected chi connectivity index (χ4v) is 6.08. The summed E-state index contributed by atoms with van der Waals surface area (Å²) in [4.78, 5) is 18.0. The molecule has 1 unspecified atom stereocenters. The molecule has 4 rings (SSSR count). The molecule has 2 aromatic carbocycles. The van der Waals surface area contributed by atoms with Gasteiger partial charge in [0.25, 0.3) is 0 Å². The zero-order valence-corrected chi connectivity index (χ0v) is 20.4. The van der Waals surface area contributed by atoms with Crippen molar-refractivity contribution in [3.8, 4) is 0 Å². The number of benzene rings is 2. The normalized spacial score (nSPS) is 20.2. The van der Waals surface area contributed by atoms with Gasteiger partial charge in [-0.05, 0) is 49.7 Å². The van der Waals surface area contributed by atoms with Crippen molar-refractivity contribution in [3.05, 3.63) is 66.0 Å². The molecule has 1 amide bonds. The molecule has 1 atom stereocenters. The number of halogens is 1. The van der Waals surface area contributed by atoms with Crippen molar-refractivity contribution in [1.29, 1.82) is 0 Å². The Morgan fingerprint density at radius 1 is 0.971 bits per heavy atom. The van der Waals surface area contributed by atoms with Crippen molar-refractivity contribution in [2.24, 2.45) is 5.92 Å². The lowest BCUT2D eigenvalue weighted by molar-refractivity contribution is -0.127. The van der Waals surface area contributed by atoms with Gasteiger partial charge in [-0.2, -0.15) is 4.31 Å². The lowest BCUT2D eigenvalue weighted by Gasteiger charge is -2.36. The quantitative estimate of drug-likeness (QED) is 0.648. The third-order valence-corrected chi connectivity index (χ3v) is 8.74. The molecular weight excluding hydrogens is 455 g/mol. The SMILES string of the molecule is CN1CCN(CC(NC(=O)C2CCN(S(=O)(=O)c3ccc(F)cc3)CC2)c2ccccc2)CC1. The van der Waals surface area contributed by atoms with Crippen LogP contribution in [0.1, 0.15) is 24.4 Å². The van der Waals surface area contributed by atoms with Gasteiger partial charge in [0.15, 0.2) is 0 Å². The number of likely N-dealkylation sites (N-methyl/N-ethyl adjacent to an activating group) is 1. The fraction of sp³-hybridized carbons (Fsp3) is 0.480. The third kappa shape index (κ3) is 6.02. The molecule has 2 heterocycles. The van der Waals surface area contributed by atoms with Crippen molar-refractivity contribution >= 4 is 15.9 Å². The van der Waals surface area contributed by atoms with Gasteiger partial charge in [0.2, 0.25) is 15.9 Å². The summed E-state index contributed by atoms with van der Waals surface area (Å²) in [7, 11) is -1.57. The molecule has 0 spiro atoms. The van der Waals surface area contributed by atoms with Crippen LogP contribution < -0.4 is 5.32 Å². The molecule has 2 fully saturated rings. The molecule has 1 N–H and O–H groups in total. The third-order valence-electron chi connectivity index (χ3n) is 6.83. The van der Waals surface area contributed by atoms with E-state index in [1.165, 1.54) is 16.4 Å². The summed E-state index contributed by atoms with van der Waals surface area (Å²) in [5.74, 6) is -0.737. The van der Waals surface area contributed by atoms with Crippen molar-refractivity contribution in [2.75, 3.05) is 52.9 Å². The highest BCUT2D eigenvalue weighted by molar-refractivity contribution is 7.89. The van der Waals surface area contributed by atoms with Crippen molar-refractivity contribution in [3.63, 3.8) is 0 Å². The van der Waals surface area contributed by atoms with Gasteiger partial charge in [0.05, 0.1) is 10.9 Å². The van der Waals surface area contributed by atoms with Crippen LogP contribution in [0.25, 0.3) is 0 Å². The summed E-state index contributed by atoms with van der Waals surface area (Å²) in [5, 5.41) is 3.25. The molecule has 2 aliphatic heterocycles. The largest absolute Gasteiger partial charge is 0.348 e. The average molecular weight is 489 g/mol. The summed E-state index contributed by atoms with van der Waals surface area (Å²) in [6, 6.07) is 14.8. The number of rotatable bonds is 7.